The van der Waals surface area contributed by atoms with Crippen LogP contribution in [0.1, 0.15) is 33.6 Å². The van der Waals surface area contributed by atoms with Crippen molar-refractivity contribution in [3.05, 3.63) is 52.5 Å². The molecule has 1 aliphatic rings. The third-order valence-electron chi connectivity index (χ3n) is 4.77. The summed E-state index contributed by atoms with van der Waals surface area (Å²) in [6, 6.07) is 8.47. The number of carbonyl (C=O) groups excluding carboxylic acids is 2. The van der Waals surface area contributed by atoms with Crippen molar-refractivity contribution in [2.24, 2.45) is 0 Å². The number of ether oxygens (including phenoxy) is 2. The number of esters is 1. The Balaban J connectivity index is 1.94. The topological polar surface area (TPSA) is 102 Å². The number of nitrogens with zero attached hydrogens (tertiary/aromatic N) is 1. The van der Waals surface area contributed by atoms with Crippen LogP contribution < -0.4 is 10.1 Å². The van der Waals surface area contributed by atoms with Gasteiger partial charge in [0.15, 0.2) is 0 Å². The molecule has 10 heteroatoms. The molecule has 30 heavy (non-hydrogen) atoms. The Morgan fingerprint density at radius 3 is 2.37 bits per heavy atom. The highest BCUT2D eigenvalue weighted by atomic mass is 35.5. The Hall–Kier alpha value is -2.62. The standard InChI is InChI=1S/C20H21ClN2O6S/c1-28-13-5-8-18(16(11-13)20(25)29-2)22-19(24)15-12-14(6-7-17(15)21)30(26,27)23-9-3-4-10-23/h5-8,11-12H,3-4,9-10H2,1-2H3,(H,22,24). The fraction of sp³-hybridized carbons (Fsp3) is 0.300. The lowest BCUT2D eigenvalue weighted by molar-refractivity contribution is 0.0601. The SMILES string of the molecule is COC(=O)c1cc(OC)ccc1NC(=O)c1cc(S(=O)(=O)N2CCCC2)ccc1Cl. The van der Waals surface area contributed by atoms with Gasteiger partial charge in [-0.3, -0.25) is 4.79 Å². The van der Waals surface area contributed by atoms with Gasteiger partial charge in [0.05, 0.1) is 41.0 Å². The normalized spacial score (nSPS) is 14.4. The minimum atomic E-state index is -3.71. The Labute approximate surface area is 179 Å². The van der Waals surface area contributed by atoms with E-state index in [4.69, 9.17) is 21.1 Å². The summed E-state index contributed by atoms with van der Waals surface area (Å²) >= 11 is 6.16. The minimum absolute atomic E-state index is 0.0122. The highest BCUT2D eigenvalue weighted by Crippen LogP contribution is 2.28. The first kappa shape index (κ1) is 22.1. The lowest BCUT2D eigenvalue weighted by atomic mass is 10.1. The molecular weight excluding hydrogens is 432 g/mol. The number of anilines is 1. The summed E-state index contributed by atoms with van der Waals surface area (Å²) in [7, 11) is -1.05. The molecule has 1 heterocycles. The summed E-state index contributed by atoms with van der Waals surface area (Å²) in [5, 5.41) is 2.68. The molecule has 160 valence electrons. The van der Waals surface area contributed by atoms with Gasteiger partial charge in [-0.25, -0.2) is 13.2 Å². The van der Waals surface area contributed by atoms with Gasteiger partial charge >= 0.3 is 5.97 Å². The Morgan fingerprint density at radius 2 is 1.73 bits per heavy atom. The maximum atomic E-state index is 12.9. The molecule has 0 radical (unpaired) electrons. The molecule has 1 aliphatic heterocycles. The van der Waals surface area contributed by atoms with E-state index in [2.05, 4.69) is 5.32 Å². The third kappa shape index (κ3) is 4.43. The van der Waals surface area contributed by atoms with Crippen LogP contribution >= 0.6 is 11.6 Å². The lowest BCUT2D eigenvalue weighted by Crippen LogP contribution is -2.28. The monoisotopic (exact) mass is 452 g/mol. The molecule has 0 spiro atoms. The number of amides is 1. The molecule has 0 aliphatic carbocycles. The van der Waals surface area contributed by atoms with E-state index in [1.807, 2.05) is 0 Å². The van der Waals surface area contributed by atoms with Crippen LogP contribution in [0.3, 0.4) is 0 Å². The summed E-state index contributed by atoms with van der Waals surface area (Å²) in [4.78, 5) is 24.9. The van der Waals surface area contributed by atoms with Gasteiger partial charge in [0.2, 0.25) is 10.0 Å². The van der Waals surface area contributed by atoms with Crippen molar-refractivity contribution >= 4 is 39.2 Å². The van der Waals surface area contributed by atoms with E-state index in [1.165, 1.54) is 48.9 Å². The molecule has 0 atom stereocenters. The molecule has 1 amide bonds. The molecular formula is C20H21ClN2O6S. The molecule has 2 aromatic carbocycles. The van der Waals surface area contributed by atoms with Gasteiger partial charge in [0.1, 0.15) is 5.75 Å². The first-order valence-corrected chi connectivity index (χ1v) is 11.0. The van der Waals surface area contributed by atoms with Crippen LogP contribution in [0.4, 0.5) is 5.69 Å². The van der Waals surface area contributed by atoms with Gasteiger partial charge in [-0.15, -0.1) is 0 Å². The average Bonchev–Trinajstić information content (AvgIpc) is 3.29. The van der Waals surface area contributed by atoms with Gasteiger partial charge in [-0.05, 0) is 49.2 Å². The number of halogens is 1. The fourth-order valence-electron chi connectivity index (χ4n) is 3.14. The van der Waals surface area contributed by atoms with Crippen molar-refractivity contribution in [3.8, 4) is 5.75 Å². The number of sulfonamides is 1. The second kappa shape index (κ2) is 9.03. The van der Waals surface area contributed by atoms with Crippen molar-refractivity contribution in [2.75, 3.05) is 32.6 Å². The minimum Gasteiger partial charge on any atom is -0.497 e. The molecule has 3 rings (SSSR count). The van der Waals surface area contributed by atoms with E-state index in [9.17, 15) is 18.0 Å². The maximum absolute atomic E-state index is 12.9. The van der Waals surface area contributed by atoms with Crippen LogP contribution in [-0.4, -0.2) is 51.9 Å². The van der Waals surface area contributed by atoms with Crippen LogP contribution in [0.15, 0.2) is 41.3 Å². The van der Waals surface area contributed by atoms with E-state index in [0.717, 1.165) is 12.8 Å². The molecule has 1 N–H and O–H groups in total. The van der Waals surface area contributed by atoms with Crippen molar-refractivity contribution < 1.29 is 27.5 Å². The summed E-state index contributed by atoms with van der Waals surface area (Å²) in [5.41, 5.74) is 0.238. The second-order valence-corrected chi connectivity index (χ2v) is 8.96. The number of methoxy groups -OCH3 is 2. The molecule has 0 unspecified atom stereocenters. The number of hydrogen-bond donors (Lipinski definition) is 1. The first-order chi connectivity index (χ1) is 14.3. The van der Waals surface area contributed by atoms with Crippen LogP contribution in [-0.2, 0) is 14.8 Å². The maximum Gasteiger partial charge on any atom is 0.340 e. The number of rotatable bonds is 6. The lowest BCUT2D eigenvalue weighted by Gasteiger charge is -2.17. The van der Waals surface area contributed by atoms with Gasteiger partial charge < -0.3 is 14.8 Å². The Morgan fingerprint density at radius 1 is 1.03 bits per heavy atom. The van der Waals surface area contributed by atoms with Crippen molar-refractivity contribution in [3.63, 3.8) is 0 Å². The highest BCUT2D eigenvalue weighted by molar-refractivity contribution is 7.89. The number of benzene rings is 2. The zero-order chi connectivity index (χ0) is 21.9. The summed E-state index contributed by atoms with van der Waals surface area (Å²) < 4.78 is 36.9. The van der Waals surface area contributed by atoms with Crippen LogP contribution in [0.25, 0.3) is 0 Å². The Kier molecular flexibility index (Phi) is 6.64. The van der Waals surface area contributed by atoms with Gasteiger partial charge in [-0.2, -0.15) is 4.31 Å². The largest absolute Gasteiger partial charge is 0.497 e. The van der Waals surface area contributed by atoms with Crippen molar-refractivity contribution in [1.29, 1.82) is 0 Å². The predicted molar refractivity (Wildman–Crippen MR) is 112 cm³/mol. The molecule has 0 saturated carbocycles. The molecule has 1 saturated heterocycles. The summed E-state index contributed by atoms with van der Waals surface area (Å²) in [6.07, 6.45) is 1.60. The molecule has 8 nitrogen and oxygen atoms in total. The van der Waals surface area contributed by atoms with E-state index in [0.29, 0.717) is 18.8 Å². The third-order valence-corrected chi connectivity index (χ3v) is 6.99. The van der Waals surface area contributed by atoms with E-state index < -0.39 is 21.9 Å². The van der Waals surface area contributed by atoms with E-state index >= 15 is 0 Å². The zero-order valence-electron chi connectivity index (χ0n) is 16.5. The average molecular weight is 453 g/mol. The van der Waals surface area contributed by atoms with Crippen molar-refractivity contribution in [1.82, 2.24) is 4.31 Å². The quantitative estimate of drug-likeness (QED) is 0.675. The van der Waals surface area contributed by atoms with E-state index in [-0.39, 0.29) is 26.7 Å². The van der Waals surface area contributed by atoms with Gasteiger partial charge in [0, 0.05) is 13.1 Å². The Bertz CT molecular complexity index is 1080. The summed E-state index contributed by atoms with van der Waals surface area (Å²) in [5.74, 6) is -0.917. The summed E-state index contributed by atoms with van der Waals surface area (Å²) in [6.45, 7) is 0.891. The molecule has 1 fully saturated rings. The zero-order valence-corrected chi connectivity index (χ0v) is 18.0. The van der Waals surface area contributed by atoms with Crippen molar-refractivity contribution in [2.45, 2.75) is 17.7 Å². The van der Waals surface area contributed by atoms with Crippen LogP contribution in [0.5, 0.6) is 5.75 Å². The van der Waals surface area contributed by atoms with Crippen LogP contribution in [0, 0.1) is 0 Å². The van der Waals surface area contributed by atoms with E-state index in [1.54, 1.807) is 6.07 Å². The van der Waals surface area contributed by atoms with Gasteiger partial charge in [-0.1, -0.05) is 11.6 Å². The predicted octanol–water partition coefficient (Wildman–Crippen LogP) is 3.17. The fourth-order valence-corrected chi connectivity index (χ4v) is 4.89. The highest BCUT2D eigenvalue weighted by Gasteiger charge is 2.28. The molecule has 0 aromatic heterocycles. The number of nitrogens with one attached hydrogen (secondary N) is 1. The first-order valence-electron chi connectivity index (χ1n) is 9.15. The second-order valence-electron chi connectivity index (χ2n) is 6.61. The smallest absolute Gasteiger partial charge is 0.340 e. The molecule has 0 bridgehead atoms. The number of carbonyl (C=O) groups is 2. The molecule has 2 aromatic rings. The van der Waals surface area contributed by atoms with Gasteiger partial charge in [0.25, 0.3) is 5.91 Å². The number of hydrogen-bond acceptors (Lipinski definition) is 6. The van der Waals surface area contributed by atoms with Crippen LogP contribution in [0.2, 0.25) is 5.02 Å².